The van der Waals surface area contributed by atoms with E-state index in [1.165, 1.54) is 5.56 Å². The van der Waals surface area contributed by atoms with Gasteiger partial charge >= 0.3 is 0 Å². The van der Waals surface area contributed by atoms with Gasteiger partial charge in [-0.2, -0.15) is 0 Å². The molecule has 2 atom stereocenters. The lowest BCUT2D eigenvalue weighted by atomic mass is 9.93. The molecule has 0 saturated carbocycles. The maximum atomic E-state index is 12.5. The molecular weight excluding hydrogens is 310 g/mol. The summed E-state index contributed by atoms with van der Waals surface area (Å²) in [6.07, 6.45) is 0. The zero-order valence-electron chi connectivity index (χ0n) is 13.0. The Hall–Kier alpha value is -1.88. The predicted molar refractivity (Wildman–Crippen MR) is 91.8 cm³/mol. The number of hydrazine groups is 1. The number of benzene rings is 2. The van der Waals surface area contributed by atoms with Gasteiger partial charge in [0.2, 0.25) is 5.91 Å². The van der Waals surface area contributed by atoms with Crippen LogP contribution in [0.1, 0.15) is 22.7 Å². The van der Waals surface area contributed by atoms with Crippen LogP contribution in [0.3, 0.4) is 0 Å². The number of nitrogens with one attached hydrogen (secondary N) is 3. The molecule has 1 heterocycles. The van der Waals surface area contributed by atoms with Crippen molar-refractivity contribution in [2.45, 2.75) is 19.5 Å². The molecule has 5 heteroatoms. The van der Waals surface area contributed by atoms with Crippen LogP contribution in [-0.4, -0.2) is 12.5 Å². The molecule has 1 aliphatic heterocycles. The van der Waals surface area contributed by atoms with Gasteiger partial charge in [-0.25, -0.2) is 5.43 Å². The first-order valence-corrected chi connectivity index (χ1v) is 8.08. The number of halogens is 1. The smallest absolute Gasteiger partial charge is 0.226 e. The van der Waals surface area contributed by atoms with Crippen LogP contribution in [0.4, 0.5) is 0 Å². The van der Waals surface area contributed by atoms with Crippen molar-refractivity contribution in [3.8, 4) is 0 Å². The van der Waals surface area contributed by atoms with Gasteiger partial charge < -0.3 is 5.32 Å². The van der Waals surface area contributed by atoms with Crippen molar-refractivity contribution in [3.63, 3.8) is 0 Å². The molecule has 3 rings (SSSR count). The van der Waals surface area contributed by atoms with E-state index in [1.54, 1.807) is 0 Å². The number of carbonyl (C=O) groups is 1. The Kier molecular flexibility index (Phi) is 4.96. The number of carbonyl (C=O) groups excluding carboxylic acids is 1. The standard InChI is InChI=1S/C18H20ClN3O/c1-12-4-2-6-14(8-12)17-16(11-21-22-17)18(23)20-10-13-5-3-7-15(19)9-13/h2-9,16-17,21-22H,10-11H2,1H3,(H,20,23). The quantitative estimate of drug-likeness (QED) is 0.808. The van der Waals surface area contributed by atoms with Crippen molar-refractivity contribution in [3.05, 3.63) is 70.2 Å². The highest BCUT2D eigenvalue weighted by molar-refractivity contribution is 6.30. The number of hydrogen-bond acceptors (Lipinski definition) is 3. The molecule has 0 aromatic heterocycles. The predicted octanol–water partition coefficient (Wildman–Crippen LogP) is 2.73. The van der Waals surface area contributed by atoms with Crippen LogP contribution in [0.5, 0.6) is 0 Å². The number of hydrogen-bond donors (Lipinski definition) is 3. The maximum Gasteiger partial charge on any atom is 0.226 e. The Morgan fingerprint density at radius 3 is 2.87 bits per heavy atom. The Morgan fingerprint density at radius 1 is 1.26 bits per heavy atom. The van der Waals surface area contributed by atoms with E-state index in [4.69, 9.17) is 11.6 Å². The molecule has 2 unspecified atom stereocenters. The summed E-state index contributed by atoms with van der Waals surface area (Å²) in [5, 5.41) is 3.68. The number of rotatable bonds is 4. The molecule has 0 aliphatic carbocycles. The number of aryl methyl sites for hydroxylation is 1. The van der Waals surface area contributed by atoms with Gasteiger partial charge in [-0.3, -0.25) is 10.2 Å². The van der Waals surface area contributed by atoms with E-state index in [2.05, 4.69) is 41.3 Å². The highest BCUT2D eigenvalue weighted by Crippen LogP contribution is 2.25. The van der Waals surface area contributed by atoms with Gasteiger partial charge in [0.15, 0.2) is 0 Å². The summed E-state index contributed by atoms with van der Waals surface area (Å²) in [5.74, 6) is -0.107. The molecule has 0 spiro atoms. The molecule has 120 valence electrons. The van der Waals surface area contributed by atoms with Crippen molar-refractivity contribution in [2.75, 3.05) is 6.54 Å². The summed E-state index contributed by atoms with van der Waals surface area (Å²) in [5.41, 5.74) is 9.61. The number of amides is 1. The monoisotopic (exact) mass is 329 g/mol. The van der Waals surface area contributed by atoms with Crippen LogP contribution in [-0.2, 0) is 11.3 Å². The van der Waals surface area contributed by atoms with Crippen molar-refractivity contribution in [1.82, 2.24) is 16.2 Å². The Morgan fingerprint density at radius 2 is 2.09 bits per heavy atom. The second kappa shape index (κ2) is 7.13. The zero-order valence-corrected chi connectivity index (χ0v) is 13.7. The van der Waals surface area contributed by atoms with Crippen molar-refractivity contribution in [2.24, 2.45) is 5.92 Å². The summed E-state index contributed by atoms with van der Waals surface area (Å²) < 4.78 is 0. The second-order valence-corrected chi connectivity index (χ2v) is 6.31. The van der Waals surface area contributed by atoms with E-state index in [0.717, 1.165) is 11.1 Å². The van der Waals surface area contributed by atoms with Crippen molar-refractivity contribution < 1.29 is 4.79 Å². The van der Waals surface area contributed by atoms with Gasteiger partial charge in [0.05, 0.1) is 12.0 Å². The van der Waals surface area contributed by atoms with Crippen LogP contribution >= 0.6 is 11.6 Å². The molecule has 2 aromatic rings. The third kappa shape index (κ3) is 3.91. The lowest BCUT2D eigenvalue weighted by Gasteiger charge is -2.19. The van der Waals surface area contributed by atoms with Gasteiger partial charge in [-0.1, -0.05) is 53.6 Å². The average molecular weight is 330 g/mol. The Balaban J connectivity index is 1.66. The molecule has 0 bridgehead atoms. The fourth-order valence-electron chi connectivity index (χ4n) is 2.89. The lowest BCUT2D eigenvalue weighted by molar-refractivity contribution is -0.125. The molecule has 23 heavy (non-hydrogen) atoms. The van der Waals surface area contributed by atoms with E-state index in [9.17, 15) is 4.79 Å². The SMILES string of the molecule is Cc1cccc(C2NNCC2C(=O)NCc2cccc(Cl)c2)c1. The molecule has 0 radical (unpaired) electrons. The molecular formula is C18H20ClN3O. The van der Waals surface area contributed by atoms with Gasteiger partial charge in [0.25, 0.3) is 0 Å². The van der Waals surface area contributed by atoms with Crippen molar-refractivity contribution >= 4 is 17.5 Å². The largest absolute Gasteiger partial charge is 0.352 e. The third-order valence-corrected chi connectivity index (χ3v) is 4.31. The average Bonchev–Trinajstić information content (AvgIpc) is 3.02. The Bertz CT molecular complexity index is 704. The lowest BCUT2D eigenvalue weighted by Crippen LogP contribution is -2.34. The summed E-state index contributed by atoms with van der Waals surface area (Å²) in [4.78, 5) is 12.5. The van der Waals surface area contributed by atoms with Gasteiger partial charge in [0.1, 0.15) is 0 Å². The second-order valence-electron chi connectivity index (χ2n) is 5.87. The fourth-order valence-corrected chi connectivity index (χ4v) is 3.10. The molecule has 1 saturated heterocycles. The fraction of sp³-hybridized carbons (Fsp3) is 0.278. The first kappa shape index (κ1) is 16.0. The molecule has 1 amide bonds. The molecule has 2 aromatic carbocycles. The molecule has 1 fully saturated rings. The highest BCUT2D eigenvalue weighted by Gasteiger charge is 2.33. The molecule has 4 nitrogen and oxygen atoms in total. The minimum atomic E-state index is -0.143. The van der Waals surface area contributed by atoms with E-state index in [0.29, 0.717) is 18.1 Å². The first-order chi connectivity index (χ1) is 11.1. The first-order valence-electron chi connectivity index (χ1n) is 7.70. The van der Waals surface area contributed by atoms with Crippen LogP contribution in [0.2, 0.25) is 5.02 Å². The summed E-state index contributed by atoms with van der Waals surface area (Å²) in [7, 11) is 0. The Labute approximate surface area is 141 Å². The van der Waals surface area contributed by atoms with Crippen LogP contribution in [0.15, 0.2) is 48.5 Å². The molecule has 3 N–H and O–H groups in total. The normalized spacial score (nSPS) is 20.4. The van der Waals surface area contributed by atoms with Crippen molar-refractivity contribution in [1.29, 1.82) is 0 Å². The molecule has 1 aliphatic rings. The van der Waals surface area contributed by atoms with Gasteiger partial charge in [-0.05, 0) is 30.2 Å². The van der Waals surface area contributed by atoms with E-state index in [1.807, 2.05) is 30.3 Å². The minimum Gasteiger partial charge on any atom is -0.352 e. The van der Waals surface area contributed by atoms with Gasteiger partial charge in [-0.15, -0.1) is 0 Å². The highest BCUT2D eigenvalue weighted by atomic mass is 35.5. The van der Waals surface area contributed by atoms with E-state index in [-0.39, 0.29) is 17.9 Å². The van der Waals surface area contributed by atoms with Crippen LogP contribution < -0.4 is 16.2 Å². The summed E-state index contributed by atoms with van der Waals surface area (Å²) in [6, 6.07) is 15.8. The third-order valence-electron chi connectivity index (χ3n) is 4.08. The van der Waals surface area contributed by atoms with E-state index >= 15 is 0 Å². The maximum absolute atomic E-state index is 12.5. The van der Waals surface area contributed by atoms with Crippen LogP contribution in [0, 0.1) is 12.8 Å². The van der Waals surface area contributed by atoms with E-state index < -0.39 is 0 Å². The summed E-state index contributed by atoms with van der Waals surface area (Å²) >= 11 is 5.97. The van der Waals surface area contributed by atoms with Gasteiger partial charge in [0, 0.05) is 18.1 Å². The topological polar surface area (TPSA) is 53.2 Å². The summed E-state index contributed by atoms with van der Waals surface area (Å²) in [6.45, 7) is 3.15. The van der Waals surface area contributed by atoms with Crippen LogP contribution in [0.25, 0.3) is 0 Å². The zero-order chi connectivity index (χ0) is 16.2. The minimum absolute atomic E-state index is 0.0192.